The predicted molar refractivity (Wildman–Crippen MR) is 114 cm³/mol. The number of nitrogens with zero attached hydrogens (tertiary/aromatic N) is 3. The number of hydrogen-bond donors (Lipinski definition) is 1. The van der Waals surface area contributed by atoms with Crippen LogP contribution in [0.25, 0.3) is 0 Å². The molecule has 1 amide bonds. The highest BCUT2D eigenvalue weighted by molar-refractivity contribution is 6.05. The number of rotatable bonds is 5. The number of carbonyl (C=O) groups is 1. The highest BCUT2D eigenvalue weighted by Gasteiger charge is 2.19. The Morgan fingerprint density at radius 1 is 1.00 bits per heavy atom. The van der Waals surface area contributed by atoms with E-state index in [1.165, 1.54) is 11.3 Å². The fraction of sp³-hybridized carbons (Fsp3) is 0.304. The third-order valence-corrected chi connectivity index (χ3v) is 5.37. The minimum atomic E-state index is -0.191. The second kappa shape index (κ2) is 8.49. The molecule has 2 heterocycles. The van der Waals surface area contributed by atoms with E-state index in [-0.39, 0.29) is 5.91 Å². The molecule has 1 N–H and O–H groups in total. The van der Waals surface area contributed by atoms with Crippen molar-refractivity contribution >= 4 is 17.3 Å². The Kier molecular flexibility index (Phi) is 5.62. The molecular weight excluding hydrogens is 364 g/mol. The zero-order valence-electron chi connectivity index (χ0n) is 16.9. The summed E-state index contributed by atoms with van der Waals surface area (Å²) < 4.78 is 5.08. The van der Waals surface area contributed by atoms with Crippen molar-refractivity contribution in [2.24, 2.45) is 0 Å². The van der Waals surface area contributed by atoms with Crippen molar-refractivity contribution in [1.82, 2.24) is 10.1 Å². The van der Waals surface area contributed by atoms with Crippen molar-refractivity contribution in [3.8, 4) is 0 Å². The molecule has 29 heavy (non-hydrogen) atoms. The number of amides is 1. The molecule has 2 aromatic carbocycles. The summed E-state index contributed by atoms with van der Waals surface area (Å²) in [4.78, 5) is 17.3. The molecule has 6 nitrogen and oxygen atoms in total. The van der Waals surface area contributed by atoms with Crippen LogP contribution in [0, 0.1) is 13.8 Å². The molecule has 1 aliphatic rings. The fourth-order valence-corrected chi connectivity index (χ4v) is 3.76. The van der Waals surface area contributed by atoms with Crippen LogP contribution in [-0.2, 0) is 6.54 Å². The van der Waals surface area contributed by atoms with Gasteiger partial charge in [0.05, 0.1) is 5.69 Å². The smallest absolute Gasteiger partial charge is 0.261 e. The van der Waals surface area contributed by atoms with Gasteiger partial charge < -0.3 is 14.7 Å². The number of nitrogens with one attached hydrogen (secondary N) is 1. The fourth-order valence-electron chi connectivity index (χ4n) is 3.76. The maximum Gasteiger partial charge on any atom is 0.261 e. The van der Waals surface area contributed by atoms with Gasteiger partial charge in [-0.15, -0.1) is 0 Å². The van der Waals surface area contributed by atoms with Gasteiger partial charge in [-0.05, 0) is 43.7 Å². The van der Waals surface area contributed by atoms with E-state index in [2.05, 4.69) is 62.7 Å². The van der Waals surface area contributed by atoms with E-state index in [4.69, 9.17) is 4.52 Å². The highest BCUT2D eigenvalue weighted by atomic mass is 16.5. The molecule has 0 aliphatic carbocycles. The minimum absolute atomic E-state index is 0.191. The van der Waals surface area contributed by atoms with E-state index in [0.717, 1.165) is 38.4 Å². The molecule has 1 aliphatic heterocycles. The van der Waals surface area contributed by atoms with Crippen LogP contribution < -0.4 is 10.2 Å². The first kappa shape index (κ1) is 19.2. The van der Waals surface area contributed by atoms with Gasteiger partial charge in [-0.2, -0.15) is 0 Å². The topological polar surface area (TPSA) is 61.6 Å². The third kappa shape index (κ3) is 4.49. The summed E-state index contributed by atoms with van der Waals surface area (Å²) in [6.07, 6.45) is 0. The van der Waals surface area contributed by atoms with Crippen molar-refractivity contribution in [2.45, 2.75) is 20.4 Å². The molecular formula is C23H26N4O2. The summed E-state index contributed by atoms with van der Waals surface area (Å²) in [5.74, 6) is 0.341. The lowest BCUT2D eigenvalue weighted by molar-refractivity contribution is 0.102. The first-order chi connectivity index (χ1) is 14.1. The van der Waals surface area contributed by atoms with Crippen molar-refractivity contribution in [2.75, 3.05) is 36.4 Å². The summed E-state index contributed by atoms with van der Waals surface area (Å²) in [5.41, 5.74) is 4.41. The molecule has 1 fully saturated rings. The molecule has 3 aromatic rings. The summed E-state index contributed by atoms with van der Waals surface area (Å²) in [5, 5.41) is 6.76. The molecule has 6 heteroatoms. The number of piperazine rings is 1. The Balaban J connectivity index is 1.32. The maximum atomic E-state index is 12.5. The van der Waals surface area contributed by atoms with E-state index in [9.17, 15) is 4.79 Å². The zero-order valence-corrected chi connectivity index (χ0v) is 16.9. The molecule has 150 valence electrons. The average Bonchev–Trinajstić information content (AvgIpc) is 3.08. The summed E-state index contributed by atoms with van der Waals surface area (Å²) >= 11 is 0. The van der Waals surface area contributed by atoms with Crippen molar-refractivity contribution < 1.29 is 9.32 Å². The van der Waals surface area contributed by atoms with E-state index in [0.29, 0.717) is 17.0 Å². The van der Waals surface area contributed by atoms with Crippen LogP contribution in [0.4, 0.5) is 11.4 Å². The van der Waals surface area contributed by atoms with Crippen molar-refractivity contribution in [3.05, 3.63) is 77.2 Å². The van der Waals surface area contributed by atoms with Crippen LogP contribution in [0.3, 0.4) is 0 Å². The number of carbonyl (C=O) groups excluding carboxylic acids is 1. The van der Waals surface area contributed by atoms with Gasteiger partial charge in [0.1, 0.15) is 11.3 Å². The Morgan fingerprint density at radius 2 is 1.69 bits per heavy atom. The van der Waals surface area contributed by atoms with Gasteiger partial charge in [0.25, 0.3) is 5.91 Å². The maximum absolute atomic E-state index is 12.5. The minimum Gasteiger partial charge on any atom is -0.369 e. The van der Waals surface area contributed by atoms with E-state index >= 15 is 0 Å². The van der Waals surface area contributed by atoms with Gasteiger partial charge in [0.2, 0.25) is 0 Å². The normalized spacial score (nSPS) is 14.8. The van der Waals surface area contributed by atoms with Crippen LogP contribution in [0.2, 0.25) is 0 Å². The van der Waals surface area contributed by atoms with Crippen LogP contribution in [0.5, 0.6) is 0 Å². The Bertz CT molecular complexity index is 939. The molecule has 0 spiro atoms. The largest absolute Gasteiger partial charge is 0.369 e. The quantitative estimate of drug-likeness (QED) is 0.717. The summed E-state index contributed by atoms with van der Waals surface area (Å²) in [6.45, 7) is 8.59. The molecule has 4 rings (SSSR count). The number of aryl methyl sites for hydroxylation is 2. The Morgan fingerprint density at radius 3 is 2.31 bits per heavy atom. The molecule has 1 saturated heterocycles. The molecule has 0 bridgehead atoms. The molecule has 1 aromatic heterocycles. The van der Waals surface area contributed by atoms with Gasteiger partial charge >= 0.3 is 0 Å². The first-order valence-corrected chi connectivity index (χ1v) is 9.95. The molecule has 0 radical (unpaired) electrons. The summed E-state index contributed by atoms with van der Waals surface area (Å²) in [6, 6.07) is 18.6. The number of aromatic nitrogens is 1. The molecule has 0 saturated carbocycles. The average molecular weight is 390 g/mol. The second-order valence-corrected chi connectivity index (χ2v) is 7.45. The SMILES string of the molecule is Cc1noc(C)c1C(=O)Nc1ccc(N2CCN(Cc3ccccc3)CC2)cc1. The molecule has 0 unspecified atom stereocenters. The van der Waals surface area contributed by atoms with Crippen LogP contribution in [0.1, 0.15) is 27.4 Å². The van der Waals surface area contributed by atoms with Crippen molar-refractivity contribution in [1.29, 1.82) is 0 Å². The number of benzene rings is 2. The van der Waals surface area contributed by atoms with E-state index < -0.39 is 0 Å². The Labute approximate surface area is 171 Å². The number of hydrogen-bond acceptors (Lipinski definition) is 5. The van der Waals surface area contributed by atoms with Gasteiger partial charge in [-0.25, -0.2) is 0 Å². The monoisotopic (exact) mass is 390 g/mol. The summed E-state index contributed by atoms with van der Waals surface area (Å²) in [7, 11) is 0. The second-order valence-electron chi connectivity index (χ2n) is 7.45. The lowest BCUT2D eigenvalue weighted by Crippen LogP contribution is -2.45. The Hall–Kier alpha value is -3.12. The van der Waals surface area contributed by atoms with Gasteiger partial charge in [0.15, 0.2) is 0 Å². The third-order valence-electron chi connectivity index (χ3n) is 5.37. The first-order valence-electron chi connectivity index (χ1n) is 9.95. The lowest BCUT2D eigenvalue weighted by Gasteiger charge is -2.36. The molecule has 0 atom stereocenters. The highest BCUT2D eigenvalue weighted by Crippen LogP contribution is 2.21. The van der Waals surface area contributed by atoms with Gasteiger partial charge in [-0.3, -0.25) is 9.69 Å². The van der Waals surface area contributed by atoms with Crippen molar-refractivity contribution in [3.63, 3.8) is 0 Å². The standard InChI is InChI=1S/C23H26N4O2/c1-17-22(18(2)29-25-17)23(28)24-20-8-10-21(11-9-20)27-14-12-26(13-15-27)16-19-6-4-3-5-7-19/h3-11H,12-16H2,1-2H3,(H,24,28). The van der Waals surface area contributed by atoms with Crippen LogP contribution in [0.15, 0.2) is 59.1 Å². The van der Waals surface area contributed by atoms with E-state index in [1.807, 2.05) is 12.1 Å². The van der Waals surface area contributed by atoms with E-state index in [1.54, 1.807) is 13.8 Å². The number of anilines is 2. The predicted octanol–water partition coefficient (Wildman–Crippen LogP) is 3.87. The van der Waals surface area contributed by atoms with Crippen LogP contribution in [-0.4, -0.2) is 42.1 Å². The van der Waals surface area contributed by atoms with Crippen LogP contribution >= 0.6 is 0 Å². The lowest BCUT2D eigenvalue weighted by atomic mass is 10.1. The van der Waals surface area contributed by atoms with Gasteiger partial charge in [0, 0.05) is 44.1 Å². The van der Waals surface area contributed by atoms with Gasteiger partial charge in [-0.1, -0.05) is 35.5 Å². The zero-order chi connectivity index (χ0) is 20.2.